The molecule has 0 aliphatic heterocycles. The Morgan fingerprint density at radius 2 is 1.82 bits per heavy atom. The summed E-state index contributed by atoms with van der Waals surface area (Å²) < 4.78 is 3.70. The zero-order valence-electron chi connectivity index (χ0n) is 18.3. The van der Waals surface area contributed by atoms with Crippen molar-refractivity contribution in [1.29, 1.82) is 5.26 Å². The zero-order valence-corrected chi connectivity index (χ0v) is 19.9. The van der Waals surface area contributed by atoms with E-state index >= 15 is 0 Å². The van der Waals surface area contributed by atoms with Gasteiger partial charge in [-0.2, -0.15) is 5.26 Å². The van der Waals surface area contributed by atoms with E-state index < -0.39 is 0 Å². The minimum Gasteiger partial charge on any atom is -0.310 e. The van der Waals surface area contributed by atoms with Crippen molar-refractivity contribution in [3.63, 3.8) is 0 Å². The number of rotatable bonds is 6. The van der Waals surface area contributed by atoms with Crippen LogP contribution >= 0.6 is 23.4 Å². The Labute approximate surface area is 201 Å². The van der Waals surface area contributed by atoms with Gasteiger partial charge in [0.15, 0.2) is 11.0 Å². The number of carbonyl (C=O) groups is 1. The molecular weight excluding hydrogens is 456 g/mol. The minimum atomic E-state index is -0.242. The fraction of sp³-hybridized carbons (Fsp3) is 0.167. The first-order valence-electron chi connectivity index (χ1n) is 10.2. The summed E-state index contributed by atoms with van der Waals surface area (Å²) in [6.45, 7) is 3.82. The van der Waals surface area contributed by atoms with E-state index in [2.05, 4.69) is 21.6 Å². The molecule has 0 fully saturated rings. The summed E-state index contributed by atoms with van der Waals surface area (Å²) in [4.78, 5) is 12.9. The number of para-hydroxylation sites is 1. The Balaban J connectivity index is 1.55. The highest BCUT2D eigenvalue weighted by atomic mass is 35.5. The highest BCUT2D eigenvalue weighted by molar-refractivity contribution is 7.99. The van der Waals surface area contributed by atoms with Crippen LogP contribution in [0.5, 0.6) is 0 Å². The molecule has 166 valence electrons. The number of anilines is 1. The molecule has 1 amide bonds. The lowest BCUT2D eigenvalue weighted by molar-refractivity contribution is -0.113. The molecule has 2 heterocycles. The van der Waals surface area contributed by atoms with Crippen LogP contribution in [0.15, 0.2) is 59.8 Å². The number of hydrogen-bond donors (Lipinski definition) is 1. The summed E-state index contributed by atoms with van der Waals surface area (Å²) >= 11 is 7.55. The Bertz CT molecular complexity index is 1370. The first-order chi connectivity index (χ1) is 15.9. The Morgan fingerprint density at radius 1 is 1.12 bits per heavy atom. The number of thioether (sulfide) groups is 1. The molecule has 0 saturated heterocycles. The molecular formula is C24H21ClN6OS. The summed E-state index contributed by atoms with van der Waals surface area (Å²) in [5.74, 6) is 0.962. The quantitative estimate of drug-likeness (QED) is 0.389. The third-order valence-corrected chi connectivity index (χ3v) is 6.73. The average Bonchev–Trinajstić information content (AvgIpc) is 3.29. The van der Waals surface area contributed by atoms with E-state index in [9.17, 15) is 10.1 Å². The summed E-state index contributed by atoms with van der Waals surface area (Å²) in [7, 11) is 1.83. The second-order valence-corrected chi connectivity index (χ2v) is 8.75. The van der Waals surface area contributed by atoms with Crippen molar-refractivity contribution < 1.29 is 4.79 Å². The lowest BCUT2D eigenvalue weighted by Gasteiger charge is -2.13. The van der Waals surface area contributed by atoms with Crippen molar-refractivity contribution in [2.24, 2.45) is 7.05 Å². The van der Waals surface area contributed by atoms with Crippen molar-refractivity contribution in [2.75, 3.05) is 11.1 Å². The minimum absolute atomic E-state index is 0.109. The van der Waals surface area contributed by atoms with Crippen LogP contribution in [0.1, 0.15) is 16.8 Å². The Kier molecular flexibility index (Phi) is 6.54. The number of nitrogens with zero attached hydrogens (tertiary/aromatic N) is 5. The second-order valence-electron chi connectivity index (χ2n) is 7.40. The predicted molar refractivity (Wildman–Crippen MR) is 131 cm³/mol. The molecule has 0 radical (unpaired) electrons. The molecule has 0 bridgehead atoms. The van der Waals surface area contributed by atoms with Crippen LogP contribution in [0, 0.1) is 25.2 Å². The Morgan fingerprint density at radius 3 is 2.52 bits per heavy atom. The van der Waals surface area contributed by atoms with Gasteiger partial charge in [-0.1, -0.05) is 53.7 Å². The molecule has 33 heavy (non-hydrogen) atoms. The van der Waals surface area contributed by atoms with Gasteiger partial charge in [0.1, 0.15) is 11.9 Å². The van der Waals surface area contributed by atoms with Crippen LogP contribution < -0.4 is 5.32 Å². The number of benzene rings is 2. The lowest BCUT2D eigenvalue weighted by Crippen LogP contribution is -2.18. The fourth-order valence-corrected chi connectivity index (χ4v) is 4.51. The summed E-state index contributed by atoms with van der Waals surface area (Å²) in [6.07, 6.45) is 0. The predicted octanol–water partition coefficient (Wildman–Crippen LogP) is 5.15. The van der Waals surface area contributed by atoms with Crippen LogP contribution in [0.25, 0.3) is 17.1 Å². The largest absolute Gasteiger partial charge is 0.310 e. The van der Waals surface area contributed by atoms with E-state index in [1.165, 1.54) is 11.8 Å². The molecule has 9 heteroatoms. The van der Waals surface area contributed by atoms with Gasteiger partial charge in [-0.3, -0.25) is 9.36 Å². The van der Waals surface area contributed by atoms with Gasteiger partial charge in [0.2, 0.25) is 5.91 Å². The molecule has 0 spiro atoms. The van der Waals surface area contributed by atoms with Crippen LogP contribution in [-0.2, 0) is 11.8 Å². The van der Waals surface area contributed by atoms with Crippen LogP contribution in [0.2, 0.25) is 5.02 Å². The molecule has 0 saturated carbocycles. The molecule has 2 aromatic carbocycles. The van der Waals surface area contributed by atoms with Gasteiger partial charge >= 0.3 is 0 Å². The molecule has 4 aromatic rings. The van der Waals surface area contributed by atoms with Crippen molar-refractivity contribution in [1.82, 2.24) is 19.3 Å². The fourth-order valence-electron chi connectivity index (χ4n) is 3.58. The first-order valence-corrected chi connectivity index (χ1v) is 11.5. The summed E-state index contributed by atoms with van der Waals surface area (Å²) in [5.41, 5.74) is 3.84. The summed E-state index contributed by atoms with van der Waals surface area (Å²) in [5, 5.41) is 22.3. The first kappa shape index (κ1) is 22.6. The van der Waals surface area contributed by atoms with Crippen LogP contribution in [0.3, 0.4) is 0 Å². The van der Waals surface area contributed by atoms with Gasteiger partial charge in [0, 0.05) is 24.0 Å². The molecule has 2 aromatic heterocycles. The third kappa shape index (κ3) is 4.38. The number of nitriles is 1. The number of aromatic nitrogens is 4. The van der Waals surface area contributed by atoms with Crippen molar-refractivity contribution in [3.8, 4) is 23.1 Å². The van der Waals surface area contributed by atoms with E-state index in [0.717, 1.165) is 22.5 Å². The van der Waals surface area contributed by atoms with Crippen molar-refractivity contribution in [2.45, 2.75) is 19.0 Å². The maximum atomic E-state index is 12.9. The van der Waals surface area contributed by atoms with E-state index in [4.69, 9.17) is 11.6 Å². The van der Waals surface area contributed by atoms with Gasteiger partial charge in [0.25, 0.3) is 0 Å². The van der Waals surface area contributed by atoms with E-state index in [1.54, 1.807) is 10.6 Å². The second kappa shape index (κ2) is 9.53. The maximum Gasteiger partial charge on any atom is 0.236 e. The van der Waals surface area contributed by atoms with Gasteiger partial charge in [-0.05, 0) is 43.7 Å². The van der Waals surface area contributed by atoms with E-state index in [1.807, 2.05) is 74.0 Å². The average molecular weight is 477 g/mol. The highest BCUT2D eigenvalue weighted by Gasteiger charge is 2.21. The number of carbonyl (C=O) groups excluding carboxylic acids is 1. The third-order valence-electron chi connectivity index (χ3n) is 5.38. The van der Waals surface area contributed by atoms with Crippen LogP contribution in [-0.4, -0.2) is 31.0 Å². The topological polar surface area (TPSA) is 88.5 Å². The van der Waals surface area contributed by atoms with Gasteiger partial charge < -0.3 is 9.88 Å². The number of nitrogens with one attached hydrogen (secondary N) is 1. The molecule has 7 nitrogen and oxygen atoms in total. The van der Waals surface area contributed by atoms with Gasteiger partial charge in [-0.25, -0.2) is 0 Å². The molecule has 1 N–H and O–H groups in total. The molecule has 4 rings (SSSR count). The highest BCUT2D eigenvalue weighted by Crippen LogP contribution is 2.31. The number of amides is 1. The smallest absolute Gasteiger partial charge is 0.236 e. The number of hydrogen-bond acceptors (Lipinski definition) is 5. The van der Waals surface area contributed by atoms with Crippen molar-refractivity contribution in [3.05, 3.63) is 76.4 Å². The standard InChI is InChI=1S/C24H21ClN6OS/c1-15-16(2)31(17-9-5-4-6-10-17)22(19(15)13-26)27-21(32)14-33-24-29-28-23(30(24)3)18-11-7-8-12-20(18)25/h4-12H,14H2,1-3H3,(H,27,32). The SMILES string of the molecule is Cc1c(C#N)c(NC(=O)CSc2nnc(-c3ccccc3Cl)n2C)n(-c2ccccc2)c1C. The van der Waals surface area contributed by atoms with Crippen LogP contribution in [0.4, 0.5) is 5.82 Å². The normalized spacial score (nSPS) is 10.8. The molecule has 0 atom stereocenters. The number of halogens is 1. The van der Waals surface area contributed by atoms with E-state index in [0.29, 0.717) is 27.4 Å². The Hall–Kier alpha value is -3.54. The van der Waals surface area contributed by atoms with E-state index in [-0.39, 0.29) is 11.7 Å². The monoisotopic (exact) mass is 476 g/mol. The molecule has 0 unspecified atom stereocenters. The lowest BCUT2D eigenvalue weighted by atomic mass is 10.2. The maximum absolute atomic E-state index is 12.9. The van der Waals surface area contributed by atoms with Crippen molar-refractivity contribution >= 4 is 35.1 Å². The molecule has 0 aliphatic carbocycles. The zero-order chi connectivity index (χ0) is 23.5. The van der Waals surface area contributed by atoms with Gasteiger partial charge in [0.05, 0.1) is 16.3 Å². The molecule has 0 aliphatic rings. The van der Waals surface area contributed by atoms with Gasteiger partial charge in [-0.15, -0.1) is 10.2 Å². The summed E-state index contributed by atoms with van der Waals surface area (Å²) in [6, 6.07) is 19.3.